The fourth-order valence-electron chi connectivity index (χ4n) is 2.93. The number of aliphatic hydroxyl groups is 1. The number of anilines is 1. The second kappa shape index (κ2) is 5.98. The molecule has 4 heteroatoms. The van der Waals surface area contributed by atoms with Crippen molar-refractivity contribution in [2.24, 2.45) is 5.92 Å². The number of piperidine rings is 1. The molecule has 3 nitrogen and oxygen atoms in total. The predicted molar refractivity (Wildman–Crippen MR) is 82.2 cm³/mol. The second-order valence-electron chi connectivity index (χ2n) is 5.33. The fraction of sp³-hybridized carbons (Fsp3) is 0.438. The molecular weight excluding hydrogens is 272 g/mol. The quantitative estimate of drug-likeness (QED) is 0.942. The Morgan fingerprint density at radius 1 is 1.40 bits per heavy atom. The van der Waals surface area contributed by atoms with E-state index in [1.165, 1.54) is 0 Å². The molecule has 1 fully saturated rings. The van der Waals surface area contributed by atoms with E-state index in [1.54, 1.807) is 6.20 Å². The summed E-state index contributed by atoms with van der Waals surface area (Å²) in [4.78, 5) is 6.81. The van der Waals surface area contributed by atoms with E-state index in [4.69, 9.17) is 16.7 Å². The molecule has 1 aliphatic heterocycles. The van der Waals surface area contributed by atoms with Gasteiger partial charge < -0.3 is 10.0 Å². The molecule has 105 valence electrons. The molecule has 0 unspecified atom stereocenters. The van der Waals surface area contributed by atoms with Crippen molar-refractivity contribution in [2.75, 3.05) is 24.6 Å². The van der Waals surface area contributed by atoms with Crippen LogP contribution in [0.3, 0.4) is 0 Å². The first-order valence-electron chi connectivity index (χ1n) is 7.10. The fourth-order valence-corrected chi connectivity index (χ4v) is 3.14. The van der Waals surface area contributed by atoms with Gasteiger partial charge in [-0.15, -0.1) is 0 Å². The summed E-state index contributed by atoms with van der Waals surface area (Å²) < 4.78 is 0. The van der Waals surface area contributed by atoms with Crippen LogP contribution in [0.2, 0.25) is 5.02 Å². The summed E-state index contributed by atoms with van der Waals surface area (Å²) >= 11 is 6.21. The largest absolute Gasteiger partial charge is 0.396 e. The van der Waals surface area contributed by atoms with Crippen LogP contribution in [-0.4, -0.2) is 29.8 Å². The van der Waals surface area contributed by atoms with Crippen LogP contribution in [0.15, 0.2) is 24.4 Å². The molecule has 0 spiro atoms. The Balaban J connectivity index is 1.87. The van der Waals surface area contributed by atoms with Crippen molar-refractivity contribution in [3.8, 4) is 0 Å². The van der Waals surface area contributed by atoms with Crippen molar-refractivity contribution in [2.45, 2.75) is 19.3 Å². The normalized spacial score (nSPS) is 16.8. The van der Waals surface area contributed by atoms with Crippen LogP contribution >= 0.6 is 11.6 Å². The van der Waals surface area contributed by atoms with Crippen LogP contribution in [0.25, 0.3) is 10.9 Å². The first-order valence-corrected chi connectivity index (χ1v) is 7.48. The van der Waals surface area contributed by atoms with Crippen LogP contribution < -0.4 is 4.90 Å². The van der Waals surface area contributed by atoms with Gasteiger partial charge in [0.15, 0.2) is 0 Å². The Bertz CT molecular complexity index is 594. The molecule has 3 rings (SSSR count). The van der Waals surface area contributed by atoms with E-state index in [-0.39, 0.29) is 0 Å². The van der Waals surface area contributed by atoms with Gasteiger partial charge >= 0.3 is 0 Å². The van der Waals surface area contributed by atoms with Gasteiger partial charge in [0.25, 0.3) is 0 Å². The zero-order valence-corrected chi connectivity index (χ0v) is 12.1. The predicted octanol–water partition coefficient (Wildman–Crippen LogP) is 3.29. The van der Waals surface area contributed by atoms with E-state index in [0.717, 1.165) is 48.9 Å². The Kier molecular flexibility index (Phi) is 4.08. The Labute approximate surface area is 124 Å². The summed E-state index contributed by atoms with van der Waals surface area (Å²) in [6.07, 6.45) is 4.95. The summed E-state index contributed by atoms with van der Waals surface area (Å²) in [5.74, 6) is 0.641. The minimum Gasteiger partial charge on any atom is -0.396 e. The van der Waals surface area contributed by atoms with Gasteiger partial charge in [-0.1, -0.05) is 11.6 Å². The SMILES string of the molecule is OCCC1CCN(c2[c]cc(Cl)c3cccnc23)CC1. The highest BCUT2D eigenvalue weighted by molar-refractivity contribution is 6.35. The molecule has 0 atom stereocenters. The molecule has 1 aromatic heterocycles. The van der Waals surface area contributed by atoms with Crippen molar-refractivity contribution in [1.82, 2.24) is 4.98 Å². The van der Waals surface area contributed by atoms with Crippen LogP contribution in [0, 0.1) is 12.0 Å². The van der Waals surface area contributed by atoms with Crippen LogP contribution in [0.4, 0.5) is 5.69 Å². The third kappa shape index (κ3) is 2.60. The van der Waals surface area contributed by atoms with Crippen molar-refractivity contribution in [1.29, 1.82) is 0 Å². The summed E-state index contributed by atoms with van der Waals surface area (Å²) in [5.41, 5.74) is 1.98. The molecule has 1 saturated heterocycles. The molecule has 0 aliphatic carbocycles. The number of hydrogen-bond acceptors (Lipinski definition) is 3. The third-order valence-corrected chi connectivity index (χ3v) is 4.41. The number of nitrogens with zero attached hydrogens (tertiary/aromatic N) is 2. The average molecular weight is 290 g/mol. The first-order chi connectivity index (χ1) is 9.79. The monoisotopic (exact) mass is 289 g/mol. The maximum Gasteiger partial charge on any atom is 0.0956 e. The third-order valence-electron chi connectivity index (χ3n) is 4.09. The lowest BCUT2D eigenvalue weighted by Crippen LogP contribution is -2.34. The minimum absolute atomic E-state index is 0.294. The smallest absolute Gasteiger partial charge is 0.0956 e. The zero-order chi connectivity index (χ0) is 13.9. The maximum atomic E-state index is 9.03. The Morgan fingerprint density at radius 3 is 2.95 bits per heavy atom. The summed E-state index contributed by atoms with van der Waals surface area (Å²) in [7, 11) is 0. The molecule has 2 aromatic rings. The number of pyridine rings is 1. The molecule has 1 aliphatic rings. The first kappa shape index (κ1) is 13.7. The molecule has 1 aromatic carbocycles. The number of aromatic nitrogens is 1. The van der Waals surface area contributed by atoms with E-state index >= 15 is 0 Å². The molecule has 1 N–H and O–H groups in total. The highest BCUT2D eigenvalue weighted by Crippen LogP contribution is 2.32. The number of halogens is 1. The van der Waals surface area contributed by atoms with Crippen LogP contribution in [0.5, 0.6) is 0 Å². The van der Waals surface area contributed by atoms with E-state index < -0.39 is 0 Å². The van der Waals surface area contributed by atoms with Gasteiger partial charge in [-0.05, 0) is 43.4 Å². The van der Waals surface area contributed by atoms with Crippen molar-refractivity contribution in [3.05, 3.63) is 35.5 Å². The Morgan fingerprint density at radius 2 is 2.20 bits per heavy atom. The molecular formula is C16H18ClN2O. The second-order valence-corrected chi connectivity index (χ2v) is 5.73. The number of aliphatic hydroxyl groups excluding tert-OH is 1. The maximum absolute atomic E-state index is 9.03. The summed E-state index contributed by atoms with van der Waals surface area (Å²) in [6.45, 7) is 2.28. The van der Waals surface area contributed by atoms with E-state index in [1.807, 2.05) is 18.2 Å². The number of rotatable bonds is 3. The lowest BCUT2D eigenvalue weighted by Gasteiger charge is -2.33. The lowest BCUT2D eigenvalue weighted by molar-refractivity contribution is 0.240. The molecule has 1 radical (unpaired) electrons. The molecule has 0 amide bonds. The molecule has 0 bridgehead atoms. The highest BCUT2D eigenvalue weighted by atomic mass is 35.5. The van der Waals surface area contributed by atoms with Gasteiger partial charge in [-0.3, -0.25) is 4.98 Å². The average Bonchev–Trinajstić information content (AvgIpc) is 2.49. The van der Waals surface area contributed by atoms with Gasteiger partial charge in [-0.2, -0.15) is 0 Å². The molecule has 20 heavy (non-hydrogen) atoms. The number of benzene rings is 1. The molecule has 0 saturated carbocycles. The van der Waals surface area contributed by atoms with E-state index in [0.29, 0.717) is 17.5 Å². The zero-order valence-electron chi connectivity index (χ0n) is 11.3. The highest BCUT2D eigenvalue weighted by Gasteiger charge is 2.21. The topological polar surface area (TPSA) is 36.4 Å². The van der Waals surface area contributed by atoms with E-state index in [9.17, 15) is 0 Å². The number of hydrogen-bond donors (Lipinski definition) is 1. The van der Waals surface area contributed by atoms with E-state index in [2.05, 4.69) is 16.0 Å². The van der Waals surface area contributed by atoms with Crippen molar-refractivity contribution >= 4 is 28.2 Å². The van der Waals surface area contributed by atoms with Gasteiger partial charge in [-0.25, -0.2) is 0 Å². The number of fused-ring (bicyclic) bond motifs is 1. The van der Waals surface area contributed by atoms with Gasteiger partial charge in [0.05, 0.1) is 16.2 Å². The Hall–Kier alpha value is -1.32. The van der Waals surface area contributed by atoms with Crippen molar-refractivity contribution < 1.29 is 5.11 Å². The van der Waals surface area contributed by atoms with Crippen LogP contribution in [0.1, 0.15) is 19.3 Å². The molecule has 2 heterocycles. The van der Waals surface area contributed by atoms with Gasteiger partial charge in [0.2, 0.25) is 0 Å². The summed E-state index contributed by atoms with van der Waals surface area (Å²) in [5, 5.41) is 10.7. The van der Waals surface area contributed by atoms with Crippen molar-refractivity contribution in [3.63, 3.8) is 0 Å². The lowest BCUT2D eigenvalue weighted by atomic mass is 9.93. The minimum atomic E-state index is 0.294. The van der Waals surface area contributed by atoms with Gasteiger partial charge in [0.1, 0.15) is 0 Å². The van der Waals surface area contributed by atoms with Gasteiger partial charge in [0, 0.05) is 37.3 Å². The van der Waals surface area contributed by atoms with Crippen LogP contribution in [-0.2, 0) is 0 Å². The standard InChI is InChI=1S/C16H18ClN2O/c17-14-3-4-15(16-13(14)2-1-8-18-16)19-9-5-12(6-10-19)7-11-20/h1-3,8,12,20H,5-7,9-11H2. The summed E-state index contributed by atoms with van der Waals surface area (Å²) in [6, 6.07) is 9.02.